The van der Waals surface area contributed by atoms with E-state index in [0.717, 1.165) is 24.7 Å². The van der Waals surface area contributed by atoms with Crippen LogP contribution in [-0.2, 0) is 0 Å². The van der Waals surface area contributed by atoms with Gasteiger partial charge in [0.2, 0.25) is 0 Å². The van der Waals surface area contributed by atoms with Crippen LogP contribution in [0.15, 0.2) is 9.98 Å². The second-order valence-electron chi connectivity index (χ2n) is 3.00. The van der Waals surface area contributed by atoms with Gasteiger partial charge in [-0.05, 0) is 12.3 Å². The fraction of sp³-hybridized carbons (Fsp3) is 0.750. The molecule has 0 bridgehead atoms. The second-order valence-corrected chi connectivity index (χ2v) is 3.00. The van der Waals surface area contributed by atoms with E-state index in [9.17, 15) is 0 Å². The van der Waals surface area contributed by atoms with E-state index < -0.39 is 0 Å². The molecule has 0 amide bonds. The molecule has 0 aliphatic carbocycles. The van der Waals surface area contributed by atoms with E-state index in [-0.39, 0.29) is 0 Å². The molecule has 2 nitrogen and oxygen atoms in total. The third-order valence-corrected chi connectivity index (χ3v) is 1.54. The van der Waals surface area contributed by atoms with Crippen LogP contribution in [0, 0.1) is 5.92 Å². The van der Waals surface area contributed by atoms with Gasteiger partial charge in [-0.1, -0.05) is 13.8 Å². The van der Waals surface area contributed by atoms with Crippen molar-refractivity contribution in [2.24, 2.45) is 15.9 Å². The van der Waals surface area contributed by atoms with E-state index in [2.05, 4.69) is 23.8 Å². The quantitative estimate of drug-likeness (QED) is 0.569. The lowest BCUT2D eigenvalue weighted by molar-refractivity contribution is 0.602. The van der Waals surface area contributed by atoms with Crippen LogP contribution in [0.1, 0.15) is 26.7 Å². The first-order valence-corrected chi connectivity index (χ1v) is 3.85. The Morgan fingerprint density at radius 1 is 1.60 bits per heavy atom. The summed E-state index contributed by atoms with van der Waals surface area (Å²) in [4.78, 5) is 8.33. The van der Waals surface area contributed by atoms with Crippen LogP contribution < -0.4 is 0 Å². The monoisotopic (exact) mass is 138 g/mol. The lowest BCUT2D eigenvalue weighted by Gasteiger charge is -2.00. The van der Waals surface area contributed by atoms with Crippen molar-refractivity contribution < 1.29 is 0 Å². The van der Waals surface area contributed by atoms with Crippen LogP contribution in [0.25, 0.3) is 0 Å². The molecule has 0 aromatic rings. The van der Waals surface area contributed by atoms with Gasteiger partial charge in [0.1, 0.15) is 5.84 Å². The van der Waals surface area contributed by atoms with Crippen molar-refractivity contribution in [3.8, 4) is 0 Å². The first-order valence-electron chi connectivity index (χ1n) is 3.85. The minimum Gasteiger partial charge on any atom is -0.265 e. The Bertz CT molecular complexity index is 157. The lowest BCUT2D eigenvalue weighted by Crippen LogP contribution is -1.94. The highest BCUT2D eigenvalue weighted by Crippen LogP contribution is 2.06. The van der Waals surface area contributed by atoms with Crippen LogP contribution >= 0.6 is 0 Å². The first kappa shape index (κ1) is 7.45. The average Bonchev–Trinajstić information content (AvgIpc) is 2.34. The maximum absolute atomic E-state index is 4.20. The third kappa shape index (κ3) is 2.29. The topological polar surface area (TPSA) is 24.7 Å². The highest BCUT2D eigenvalue weighted by Gasteiger charge is 2.01. The molecule has 1 rings (SSSR count). The molecule has 0 unspecified atom stereocenters. The molecule has 0 N–H and O–H groups in total. The highest BCUT2D eigenvalue weighted by atomic mass is 15.0. The van der Waals surface area contributed by atoms with E-state index in [1.54, 1.807) is 0 Å². The van der Waals surface area contributed by atoms with E-state index in [1.807, 2.05) is 6.21 Å². The molecular formula is C8H14N2. The molecule has 0 saturated carbocycles. The molecule has 0 radical (unpaired) electrons. The van der Waals surface area contributed by atoms with Gasteiger partial charge in [-0.2, -0.15) is 0 Å². The number of nitrogens with zero attached hydrogens (tertiary/aromatic N) is 2. The van der Waals surface area contributed by atoms with Gasteiger partial charge >= 0.3 is 0 Å². The van der Waals surface area contributed by atoms with Crippen molar-refractivity contribution in [3.63, 3.8) is 0 Å². The van der Waals surface area contributed by atoms with Gasteiger partial charge < -0.3 is 0 Å². The standard InChI is InChI=1S/C8H14N2/c1-7(2)3-4-8-9-5-6-10-8/h5,7H,3-4,6H2,1-2H3. The molecule has 1 aliphatic heterocycles. The Balaban J connectivity index is 2.19. The Kier molecular flexibility index (Phi) is 2.60. The molecule has 0 aromatic heterocycles. The Morgan fingerprint density at radius 2 is 2.40 bits per heavy atom. The molecule has 2 heteroatoms. The van der Waals surface area contributed by atoms with Crippen molar-refractivity contribution in [1.29, 1.82) is 0 Å². The lowest BCUT2D eigenvalue weighted by atomic mass is 10.1. The Labute approximate surface area is 62.1 Å². The van der Waals surface area contributed by atoms with Crippen molar-refractivity contribution in [1.82, 2.24) is 0 Å². The average molecular weight is 138 g/mol. The van der Waals surface area contributed by atoms with Gasteiger partial charge in [0, 0.05) is 12.6 Å². The zero-order chi connectivity index (χ0) is 7.40. The van der Waals surface area contributed by atoms with Crippen molar-refractivity contribution in [3.05, 3.63) is 0 Å². The summed E-state index contributed by atoms with van der Waals surface area (Å²) in [6.45, 7) is 5.24. The number of aliphatic imine (C=N–C) groups is 2. The summed E-state index contributed by atoms with van der Waals surface area (Å²) in [6, 6.07) is 0. The largest absolute Gasteiger partial charge is 0.265 e. The minimum absolute atomic E-state index is 0.762. The molecule has 1 heterocycles. The summed E-state index contributed by atoms with van der Waals surface area (Å²) in [6.07, 6.45) is 4.12. The number of amidine groups is 1. The first-order chi connectivity index (χ1) is 4.79. The van der Waals surface area contributed by atoms with Gasteiger partial charge in [-0.15, -0.1) is 0 Å². The SMILES string of the molecule is CC(C)CCC1=NCC=N1. The highest BCUT2D eigenvalue weighted by molar-refractivity contribution is 5.94. The molecule has 10 heavy (non-hydrogen) atoms. The molecule has 0 atom stereocenters. The van der Waals surface area contributed by atoms with Gasteiger partial charge in [0.15, 0.2) is 0 Å². The molecule has 0 spiro atoms. The maximum Gasteiger partial charge on any atom is 0.123 e. The van der Waals surface area contributed by atoms with Crippen molar-refractivity contribution in [2.45, 2.75) is 26.7 Å². The number of rotatable bonds is 3. The summed E-state index contributed by atoms with van der Waals surface area (Å²) in [7, 11) is 0. The van der Waals surface area contributed by atoms with Gasteiger partial charge in [0.05, 0.1) is 6.54 Å². The summed E-state index contributed by atoms with van der Waals surface area (Å²) < 4.78 is 0. The fourth-order valence-electron chi connectivity index (χ4n) is 0.895. The zero-order valence-corrected chi connectivity index (χ0v) is 6.67. The van der Waals surface area contributed by atoms with Crippen LogP contribution in [0.3, 0.4) is 0 Å². The van der Waals surface area contributed by atoms with E-state index in [0.29, 0.717) is 0 Å². The summed E-state index contributed by atoms with van der Waals surface area (Å²) >= 11 is 0. The van der Waals surface area contributed by atoms with E-state index >= 15 is 0 Å². The second kappa shape index (κ2) is 3.49. The van der Waals surface area contributed by atoms with Crippen LogP contribution in [0.4, 0.5) is 0 Å². The normalized spacial score (nSPS) is 16.5. The zero-order valence-electron chi connectivity index (χ0n) is 6.67. The number of hydrogen-bond acceptors (Lipinski definition) is 2. The van der Waals surface area contributed by atoms with Crippen molar-refractivity contribution >= 4 is 12.1 Å². The molecular weight excluding hydrogens is 124 g/mol. The molecule has 0 fully saturated rings. The van der Waals surface area contributed by atoms with Gasteiger partial charge in [0.25, 0.3) is 0 Å². The van der Waals surface area contributed by atoms with E-state index in [4.69, 9.17) is 0 Å². The Morgan fingerprint density at radius 3 is 2.90 bits per heavy atom. The minimum atomic E-state index is 0.762. The molecule has 0 saturated heterocycles. The molecule has 0 aromatic carbocycles. The van der Waals surface area contributed by atoms with Crippen LogP contribution in [0.5, 0.6) is 0 Å². The summed E-state index contributed by atoms with van der Waals surface area (Å²) in [5.74, 6) is 1.80. The predicted molar refractivity (Wildman–Crippen MR) is 44.9 cm³/mol. The summed E-state index contributed by atoms with van der Waals surface area (Å²) in [5.41, 5.74) is 0. The van der Waals surface area contributed by atoms with E-state index in [1.165, 1.54) is 6.42 Å². The van der Waals surface area contributed by atoms with Crippen LogP contribution in [-0.4, -0.2) is 18.6 Å². The van der Waals surface area contributed by atoms with Gasteiger partial charge in [-0.3, -0.25) is 4.99 Å². The van der Waals surface area contributed by atoms with Gasteiger partial charge in [-0.25, -0.2) is 4.99 Å². The smallest absolute Gasteiger partial charge is 0.123 e. The molecule has 56 valence electrons. The number of hydrogen-bond donors (Lipinski definition) is 0. The van der Waals surface area contributed by atoms with Crippen LogP contribution in [0.2, 0.25) is 0 Å². The maximum atomic E-state index is 4.20. The summed E-state index contributed by atoms with van der Waals surface area (Å²) in [5, 5.41) is 0. The predicted octanol–water partition coefficient (Wildman–Crippen LogP) is 1.91. The third-order valence-electron chi connectivity index (χ3n) is 1.54. The fourth-order valence-corrected chi connectivity index (χ4v) is 0.895. The molecule has 1 aliphatic rings. The van der Waals surface area contributed by atoms with Crippen molar-refractivity contribution in [2.75, 3.05) is 6.54 Å². The Hall–Kier alpha value is -0.660.